The lowest BCUT2D eigenvalue weighted by Crippen LogP contribution is -2.12. The lowest BCUT2D eigenvalue weighted by Gasteiger charge is -2.10. The molecule has 0 bridgehead atoms. The van der Waals surface area contributed by atoms with Gasteiger partial charge in [-0.2, -0.15) is 0 Å². The lowest BCUT2D eigenvalue weighted by molar-refractivity contribution is 0.0991. The van der Waals surface area contributed by atoms with E-state index in [-0.39, 0.29) is 5.78 Å². The van der Waals surface area contributed by atoms with E-state index < -0.39 is 5.38 Å². The number of unbranched alkanes of at least 4 members (excludes halogenated alkanes) is 5. The predicted octanol–water partition coefficient (Wildman–Crippen LogP) is 5.28. The Kier molecular flexibility index (Phi) is 7.36. The molecular formula is C17H28ClNO. The number of carbonyl (C=O) groups excluding carboxylic acids is 1. The van der Waals surface area contributed by atoms with Gasteiger partial charge in [-0.25, -0.2) is 0 Å². The molecule has 1 heterocycles. The number of alkyl halides is 1. The maximum atomic E-state index is 12.0. The van der Waals surface area contributed by atoms with Crippen LogP contribution < -0.4 is 0 Å². The van der Waals surface area contributed by atoms with Crippen molar-refractivity contribution in [3.8, 4) is 0 Å². The van der Waals surface area contributed by atoms with Crippen LogP contribution in [0.2, 0.25) is 0 Å². The summed E-state index contributed by atoms with van der Waals surface area (Å²) in [5.41, 5.74) is 3.02. The predicted molar refractivity (Wildman–Crippen MR) is 86.9 cm³/mol. The summed E-state index contributed by atoms with van der Waals surface area (Å²) in [6, 6.07) is 1.98. The van der Waals surface area contributed by atoms with Gasteiger partial charge >= 0.3 is 0 Å². The lowest BCUT2D eigenvalue weighted by atomic mass is 10.1. The first kappa shape index (κ1) is 17.3. The summed E-state index contributed by atoms with van der Waals surface area (Å²) >= 11 is 5.91. The van der Waals surface area contributed by atoms with Crippen molar-refractivity contribution in [2.45, 2.75) is 78.1 Å². The fraction of sp³-hybridized carbons (Fsp3) is 0.706. The van der Waals surface area contributed by atoms with Crippen LogP contribution in [0.25, 0.3) is 0 Å². The second kappa shape index (κ2) is 8.51. The molecule has 1 aromatic heterocycles. The van der Waals surface area contributed by atoms with Gasteiger partial charge in [0, 0.05) is 23.5 Å². The number of carbonyl (C=O) groups is 1. The van der Waals surface area contributed by atoms with Crippen LogP contribution in [0.4, 0.5) is 0 Å². The number of aryl methyl sites for hydroxylation is 1. The molecule has 0 N–H and O–H groups in total. The van der Waals surface area contributed by atoms with Crippen LogP contribution in [0.15, 0.2) is 6.07 Å². The zero-order chi connectivity index (χ0) is 15.1. The fourth-order valence-corrected chi connectivity index (χ4v) is 2.78. The maximum Gasteiger partial charge on any atom is 0.182 e. The number of rotatable bonds is 9. The van der Waals surface area contributed by atoms with Crippen LogP contribution in [-0.2, 0) is 6.54 Å². The first-order valence-electron chi connectivity index (χ1n) is 7.84. The Labute approximate surface area is 128 Å². The van der Waals surface area contributed by atoms with Crippen LogP contribution in [0.5, 0.6) is 0 Å². The Morgan fingerprint density at radius 1 is 1.20 bits per heavy atom. The summed E-state index contributed by atoms with van der Waals surface area (Å²) in [7, 11) is 0. The van der Waals surface area contributed by atoms with Gasteiger partial charge < -0.3 is 4.57 Å². The summed E-state index contributed by atoms with van der Waals surface area (Å²) in [6.45, 7) is 9.08. The third kappa shape index (κ3) is 4.66. The van der Waals surface area contributed by atoms with Crippen molar-refractivity contribution >= 4 is 17.4 Å². The Morgan fingerprint density at radius 2 is 1.80 bits per heavy atom. The van der Waals surface area contributed by atoms with E-state index in [1.54, 1.807) is 6.92 Å². The van der Waals surface area contributed by atoms with E-state index in [1.165, 1.54) is 38.5 Å². The van der Waals surface area contributed by atoms with E-state index in [4.69, 9.17) is 11.6 Å². The van der Waals surface area contributed by atoms with E-state index >= 15 is 0 Å². The minimum atomic E-state index is -0.446. The molecule has 0 aliphatic rings. The molecule has 3 heteroatoms. The number of aromatic nitrogens is 1. The maximum absolute atomic E-state index is 12.0. The number of hydrogen-bond acceptors (Lipinski definition) is 1. The highest BCUT2D eigenvalue weighted by Crippen LogP contribution is 2.19. The van der Waals surface area contributed by atoms with Crippen molar-refractivity contribution in [2.24, 2.45) is 0 Å². The van der Waals surface area contributed by atoms with E-state index in [0.29, 0.717) is 0 Å². The van der Waals surface area contributed by atoms with Gasteiger partial charge in [0.25, 0.3) is 0 Å². The molecule has 2 nitrogen and oxygen atoms in total. The van der Waals surface area contributed by atoms with E-state index in [0.717, 1.165) is 23.5 Å². The number of Topliss-reactive ketones (excluding diaryl/α,β-unsaturated/α-hetero) is 1. The van der Waals surface area contributed by atoms with Crippen LogP contribution in [0, 0.1) is 13.8 Å². The Morgan fingerprint density at radius 3 is 2.40 bits per heavy atom. The molecule has 0 aliphatic carbocycles. The number of halogens is 1. The van der Waals surface area contributed by atoms with Crippen LogP contribution in [0.3, 0.4) is 0 Å². The highest BCUT2D eigenvalue weighted by Gasteiger charge is 2.18. The molecule has 0 radical (unpaired) electrons. The Balaban J connectivity index is 2.56. The normalized spacial score (nSPS) is 12.7. The smallest absolute Gasteiger partial charge is 0.182 e. The molecule has 0 saturated heterocycles. The molecule has 0 spiro atoms. The number of ketones is 1. The quantitative estimate of drug-likeness (QED) is 0.345. The van der Waals surface area contributed by atoms with Crippen molar-refractivity contribution in [2.75, 3.05) is 0 Å². The second-order valence-corrected chi connectivity index (χ2v) is 6.34. The van der Waals surface area contributed by atoms with E-state index in [2.05, 4.69) is 18.4 Å². The van der Waals surface area contributed by atoms with Gasteiger partial charge in [0.05, 0.1) is 5.38 Å². The first-order chi connectivity index (χ1) is 9.49. The average molecular weight is 298 g/mol. The zero-order valence-electron chi connectivity index (χ0n) is 13.3. The summed E-state index contributed by atoms with van der Waals surface area (Å²) in [4.78, 5) is 12.0. The summed E-state index contributed by atoms with van der Waals surface area (Å²) in [5.74, 6) is 0.0361. The van der Waals surface area contributed by atoms with Crippen molar-refractivity contribution in [1.29, 1.82) is 0 Å². The van der Waals surface area contributed by atoms with Crippen molar-refractivity contribution in [3.63, 3.8) is 0 Å². The van der Waals surface area contributed by atoms with Crippen LogP contribution in [0.1, 0.15) is 74.1 Å². The topological polar surface area (TPSA) is 22.0 Å². The standard InChI is InChI=1S/C17H28ClNO/c1-5-6-7-8-9-10-11-19-13(2)12-16(15(19)4)17(20)14(3)18/h12,14H,5-11H2,1-4H3. The second-order valence-electron chi connectivity index (χ2n) is 5.68. The molecule has 114 valence electrons. The molecule has 0 aromatic carbocycles. The third-order valence-electron chi connectivity index (χ3n) is 3.94. The number of nitrogens with zero attached hydrogens (tertiary/aromatic N) is 1. The average Bonchev–Trinajstić information content (AvgIpc) is 2.69. The largest absolute Gasteiger partial charge is 0.348 e. The minimum absolute atomic E-state index is 0.0361. The van der Waals surface area contributed by atoms with E-state index in [1.807, 2.05) is 13.0 Å². The SMILES string of the molecule is CCCCCCCCn1c(C)cc(C(=O)C(C)Cl)c1C. The highest BCUT2D eigenvalue weighted by atomic mass is 35.5. The van der Waals surface area contributed by atoms with Gasteiger partial charge in [-0.15, -0.1) is 11.6 Å². The van der Waals surface area contributed by atoms with Gasteiger partial charge in [0.1, 0.15) is 0 Å². The molecule has 1 atom stereocenters. The minimum Gasteiger partial charge on any atom is -0.348 e. The Hall–Kier alpha value is -0.760. The Bertz CT molecular complexity index is 434. The molecule has 0 saturated carbocycles. The summed E-state index contributed by atoms with van der Waals surface area (Å²) < 4.78 is 2.26. The van der Waals surface area contributed by atoms with Crippen LogP contribution >= 0.6 is 11.6 Å². The highest BCUT2D eigenvalue weighted by molar-refractivity contribution is 6.33. The van der Waals surface area contributed by atoms with Gasteiger partial charge in [-0.05, 0) is 33.3 Å². The first-order valence-corrected chi connectivity index (χ1v) is 8.27. The molecule has 1 unspecified atom stereocenters. The summed E-state index contributed by atoms with van der Waals surface area (Å²) in [6.07, 6.45) is 7.74. The van der Waals surface area contributed by atoms with Crippen LogP contribution in [-0.4, -0.2) is 15.7 Å². The van der Waals surface area contributed by atoms with Gasteiger partial charge in [0.2, 0.25) is 0 Å². The van der Waals surface area contributed by atoms with E-state index in [9.17, 15) is 4.79 Å². The van der Waals surface area contributed by atoms with Crippen molar-refractivity contribution in [1.82, 2.24) is 4.57 Å². The zero-order valence-corrected chi connectivity index (χ0v) is 14.1. The number of hydrogen-bond donors (Lipinski definition) is 0. The third-order valence-corrected chi connectivity index (χ3v) is 4.13. The molecule has 0 aliphatic heterocycles. The van der Waals surface area contributed by atoms with Gasteiger partial charge in [-0.3, -0.25) is 4.79 Å². The summed E-state index contributed by atoms with van der Waals surface area (Å²) in [5, 5.41) is -0.446. The molecular weight excluding hydrogens is 270 g/mol. The molecule has 0 fully saturated rings. The van der Waals surface area contributed by atoms with Gasteiger partial charge in [0.15, 0.2) is 5.78 Å². The van der Waals surface area contributed by atoms with Gasteiger partial charge in [-0.1, -0.05) is 39.0 Å². The monoisotopic (exact) mass is 297 g/mol. The fourth-order valence-electron chi connectivity index (χ4n) is 2.66. The van der Waals surface area contributed by atoms with Crippen molar-refractivity contribution in [3.05, 3.63) is 23.0 Å². The van der Waals surface area contributed by atoms with Crippen molar-refractivity contribution < 1.29 is 4.79 Å². The molecule has 1 aromatic rings. The molecule has 0 amide bonds. The molecule has 1 rings (SSSR count). The molecule has 20 heavy (non-hydrogen) atoms.